The normalized spacial score (nSPS) is 10.0. The number of fused-ring (bicyclic) bond motifs is 1. The highest BCUT2D eigenvalue weighted by Gasteiger charge is 1.98. The molecule has 0 aliphatic heterocycles. The van der Waals surface area contributed by atoms with Crippen LogP contribution in [0.3, 0.4) is 0 Å². The van der Waals surface area contributed by atoms with Gasteiger partial charge in [0.15, 0.2) is 0 Å². The number of rotatable bonds is 2. The maximum Gasteiger partial charge on any atom is 0.336 e. The first-order valence-electron chi connectivity index (χ1n) is 4.11. The summed E-state index contributed by atoms with van der Waals surface area (Å²) in [6.07, 6.45) is 1.32. The van der Waals surface area contributed by atoms with Crippen molar-refractivity contribution >= 4 is 11.0 Å². The number of hydrogen-bond acceptors (Lipinski definition) is 3. The first kappa shape index (κ1) is 8.56. The van der Waals surface area contributed by atoms with E-state index in [9.17, 15) is 4.79 Å². The Labute approximate surface area is 80.2 Å². The highest BCUT2D eigenvalue weighted by Crippen LogP contribution is 2.19. The van der Waals surface area contributed by atoms with Gasteiger partial charge < -0.3 is 9.15 Å². The van der Waals surface area contributed by atoms with E-state index >= 15 is 0 Å². The minimum Gasteiger partial charge on any atom is -0.465 e. The van der Waals surface area contributed by atoms with Gasteiger partial charge in [-0.05, 0) is 18.2 Å². The molecule has 70 valence electrons. The Hall–Kier alpha value is -2.03. The van der Waals surface area contributed by atoms with Crippen molar-refractivity contribution in [3.63, 3.8) is 0 Å². The lowest BCUT2D eigenvalue weighted by Gasteiger charge is -2.00. The summed E-state index contributed by atoms with van der Waals surface area (Å²) in [5.74, 6) is 0.599. The van der Waals surface area contributed by atoms with Gasteiger partial charge in [-0.3, -0.25) is 0 Å². The second kappa shape index (κ2) is 3.38. The predicted molar refractivity (Wildman–Crippen MR) is 53.3 cm³/mol. The van der Waals surface area contributed by atoms with Crippen molar-refractivity contribution in [2.75, 3.05) is 0 Å². The van der Waals surface area contributed by atoms with Gasteiger partial charge in [0.2, 0.25) is 0 Å². The van der Waals surface area contributed by atoms with Crippen molar-refractivity contribution in [3.05, 3.63) is 53.6 Å². The molecule has 2 rings (SSSR count). The average Bonchev–Trinajstić information content (AvgIpc) is 2.17. The number of hydrogen-bond donors (Lipinski definition) is 0. The monoisotopic (exact) mass is 188 g/mol. The fourth-order valence-corrected chi connectivity index (χ4v) is 1.21. The quantitative estimate of drug-likeness (QED) is 0.536. The molecule has 0 bridgehead atoms. The lowest BCUT2D eigenvalue weighted by atomic mass is 10.2. The summed E-state index contributed by atoms with van der Waals surface area (Å²) in [7, 11) is 0. The van der Waals surface area contributed by atoms with Gasteiger partial charge in [-0.15, -0.1) is 0 Å². The van der Waals surface area contributed by atoms with E-state index in [0.717, 1.165) is 5.39 Å². The van der Waals surface area contributed by atoms with E-state index in [1.54, 1.807) is 18.2 Å². The molecule has 14 heavy (non-hydrogen) atoms. The van der Waals surface area contributed by atoms with Crippen LogP contribution in [-0.4, -0.2) is 0 Å². The highest BCUT2D eigenvalue weighted by atomic mass is 16.5. The maximum absolute atomic E-state index is 10.9. The molecule has 1 aromatic heterocycles. The highest BCUT2D eigenvalue weighted by molar-refractivity contribution is 5.77. The minimum atomic E-state index is -0.367. The molecule has 3 nitrogen and oxygen atoms in total. The van der Waals surface area contributed by atoms with Crippen molar-refractivity contribution in [2.45, 2.75) is 0 Å². The molecule has 0 unspecified atom stereocenters. The Balaban J connectivity index is 2.63. The fraction of sp³-hybridized carbons (Fsp3) is 0. The molecule has 2 aromatic rings. The molecule has 0 N–H and O–H groups in total. The van der Waals surface area contributed by atoms with Crippen LogP contribution in [0.1, 0.15) is 0 Å². The van der Waals surface area contributed by atoms with Crippen molar-refractivity contribution in [1.82, 2.24) is 0 Å². The fourth-order valence-electron chi connectivity index (χ4n) is 1.21. The summed E-state index contributed by atoms with van der Waals surface area (Å²) in [6, 6.07) is 8.34. The molecule has 0 fully saturated rings. The molecule has 1 aromatic carbocycles. The number of ether oxygens (including phenoxy) is 1. The Morgan fingerprint density at radius 2 is 2.07 bits per heavy atom. The summed E-state index contributed by atoms with van der Waals surface area (Å²) in [4.78, 5) is 10.9. The van der Waals surface area contributed by atoms with E-state index in [0.29, 0.717) is 11.3 Å². The Bertz CT molecular complexity index is 525. The van der Waals surface area contributed by atoms with Gasteiger partial charge in [0.25, 0.3) is 0 Å². The van der Waals surface area contributed by atoms with Crippen LogP contribution in [0.2, 0.25) is 0 Å². The molecule has 0 spiro atoms. The van der Waals surface area contributed by atoms with E-state index < -0.39 is 0 Å². The summed E-state index contributed by atoms with van der Waals surface area (Å²) in [5.41, 5.74) is 0.144. The van der Waals surface area contributed by atoms with Crippen LogP contribution in [0, 0.1) is 0 Å². The lowest BCUT2D eigenvalue weighted by molar-refractivity contribution is 0.481. The average molecular weight is 188 g/mol. The third-order valence-corrected chi connectivity index (χ3v) is 1.81. The first-order valence-corrected chi connectivity index (χ1v) is 4.11. The van der Waals surface area contributed by atoms with E-state index in [-0.39, 0.29) is 5.63 Å². The number of benzene rings is 1. The lowest BCUT2D eigenvalue weighted by Crippen LogP contribution is -1.94. The molecule has 0 amide bonds. The zero-order valence-corrected chi connectivity index (χ0v) is 7.40. The Morgan fingerprint density at radius 3 is 2.86 bits per heavy atom. The van der Waals surface area contributed by atoms with E-state index in [2.05, 4.69) is 6.58 Å². The molecule has 0 radical (unpaired) electrons. The van der Waals surface area contributed by atoms with Crippen LogP contribution < -0.4 is 10.4 Å². The SMILES string of the molecule is C=COc1ccc2ccc(=O)oc2c1. The van der Waals surface area contributed by atoms with Gasteiger partial charge >= 0.3 is 5.63 Å². The van der Waals surface area contributed by atoms with Crippen LogP contribution in [0.5, 0.6) is 5.75 Å². The summed E-state index contributed by atoms with van der Waals surface area (Å²) < 4.78 is 10.0. The van der Waals surface area contributed by atoms with Crippen LogP contribution in [0.4, 0.5) is 0 Å². The van der Waals surface area contributed by atoms with Crippen molar-refractivity contribution in [2.24, 2.45) is 0 Å². The van der Waals surface area contributed by atoms with E-state index in [1.807, 2.05) is 6.07 Å². The topological polar surface area (TPSA) is 39.4 Å². The first-order chi connectivity index (χ1) is 6.79. The van der Waals surface area contributed by atoms with Crippen LogP contribution in [0.25, 0.3) is 11.0 Å². The molecule has 0 aliphatic carbocycles. The van der Waals surface area contributed by atoms with Crippen LogP contribution in [0.15, 0.2) is 52.4 Å². The van der Waals surface area contributed by atoms with Crippen molar-refractivity contribution in [1.29, 1.82) is 0 Å². The summed E-state index contributed by atoms with van der Waals surface area (Å²) in [5, 5.41) is 0.862. The van der Waals surface area contributed by atoms with Crippen molar-refractivity contribution in [3.8, 4) is 5.75 Å². The molecule has 0 aliphatic rings. The molecular weight excluding hydrogens is 180 g/mol. The van der Waals surface area contributed by atoms with Gasteiger partial charge in [0, 0.05) is 17.5 Å². The maximum atomic E-state index is 10.9. The third-order valence-electron chi connectivity index (χ3n) is 1.81. The van der Waals surface area contributed by atoms with E-state index in [4.69, 9.17) is 9.15 Å². The van der Waals surface area contributed by atoms with Crippen molar-refractivity contribution < 1.29 is 9.15 Å². The largest absolute Gasteiger partial charge is 0.465 e. The zero-order chi connectivity index (χ0) is 9.97. The standard InChI is InChI=1S/C11H8O3/c1-2-13-9-5-3-8-4-6-11(12)14-10(8)7-9/h2-7H,1H2. The van der Waals surface area contributed by atoms with Crippen LogP contribution >= 0.6 is 0 Å². The van der Waals surface area contributed by atoms with E-state index in [1.165, 1.54) is 12.3 Å². The van der Waals surface area contributed by atoms with Crippen LogP contribution in [-0.2, 0) is 0 Å². The Morgan fingerprint density at radius 1 is 1.29 bits per heavy atom. The second-order valence-corrected chi connectivity index (χ2v) is 2.74. The molecular formula is C11H8O3. The molecule has 3 heteroatoms. The van der Waals surface area contributed by atoms with Gasteiger partial charge in [-0.1, -0.05) is 6.58 Å². The third kappa shape index (κ3) is 1.52. The Kier molecular flexibility index (Phi) is 2.07. The van der Waals surface area contributed by atoms with Gasteiger partial charge in [-0.2, -0.15) is 0 Å². The predicted octanol–water partition coefficient (Wildman–Crippen LogP) is 2.32. The molecule has 0 atom stereocenters. The summed E-state index contributed by atoms with van der Waals surface area (Å²) in [6.45, 7) is 3.44. The van der Waals surface area contributed by atoms with Gasteiger partial charge in [0.1, 0.15) is 11.3 Å². The minimum absolute atomic E-state index is 0.367. The second-order valence-electron chi connectivity index (χ2n) is 2.74. The zero-order valence-electron chi connectivity index (χ0n) is 7.40. The molecule has 1 heterocycles. The summed E-state index contributed by atoms with van der Waals surface area (Å²) >= 11 is 0. The van der Waals surface area contributed by atoms with Gasteiger partial charge in [-0.25, -0.2) is 4.79 Å². The van der Waals surface area contributed by atoms with Gasteiger partial charge in [0.05, 0.1) is 6.26 Å². The molecule has 0 saturated heterocycles. The smallest absolute Gasteiger partial charge is 0.336 e. The molecule has 0 saturated carbocycles.